The highest BCUT2D eigenvalue weighted by atomic mass is 35.5. The first kappa shape index (κ1) is 14.8. The normalized spacial score (nSPS) is 13.3. The molecule has 2 aromatic rings. The minimum atomic E-state index is -4.77. The van der Waals surface area contributed by atoms with Crippen molar-refractivity contribution in [1.82, 2.24) is 0 Å². The van der Waals surface area contributed by atoms with Gasteiger partial charge in [0, 0.05) is 10.6 Å². The number of aliphatic hydroxyl groups is 1. The predicted octanol–water partition coefficient (Wildman–Crippen LogP) is 4.58. The summed E-state index contributed by atoms with van der Waals surface area (Å²) < 4.78 is 50.8. The second kappa shape index (κ2) is 5.42. The van der Waals surface area contributed by atoms with Crippen LogP contribution in [0.15, 0.2) is 42.5 Å². The van der Waals surface area contributed by atoms with Crippen LogP contribution >= 0.6 is 11.6 Å². The maximum atomic E-state index is 13.5. The quantitative estimate of drug-likeness (QED) is 0.805. The molecule has 6 heteroatoms. The monoisotopic (exact) mass is 304 g/mol. The van der Waals surface area contributed by atoms with E-state index in [1.54, 1.807) is 12.1 Å². The molecule has 1 nitrogen and oxygen atoms in total. The zero-order chi connectivity index (χ0) is 14.9. The van der Waals surface area contributed by atoms with Crippen molar-refractivity contribution in [2.75, 3.05) is 0 Å². The fourth-order valence-electron chi connectivity index (χ4n) is 1.81. The van der Waals surface area contributed by atoms with Crippen molar-refractivity contribution in [2.45, 2.75) is 12.3 Å². The highest BCUT2D eigenvalue weighted by Crippen LogP contribution is 2.34. The number of alkyl halides is 3. The summed E-state index contributed by atoms with van der Waals surface area (Å²) in [6, 6.07) is 8.60. The molecule has 106 valence electrons. The maximum absolute atomic E-state index is 13.5. The van der Waals surface area contributed by atoms with Crippen LogP contribution < -0.4 is 0 Å². The summed E-state index contributed by atoms with van der Waals surface area (Å²) in [6.45, 7) is 0. The van der Waals surface area contributed by atoms with E-state index in [2.05, 4.69) is 0 Å². The van der Waals surface area contributed by atoms with Gasteiger partial charge in [0.25, 0.3) is 0 Å². The Morgan fingerprint density at radius 3 is 2.25 bits per heavy atom. The summed E-state index contributed by atoms with van der Waals surface area (Å²) in [5, 5.41) is 10.3. The Bertz CT molecular complexity index is 625. The lowest BCUT2D eigenvalue weighted by atomic mass is 10.00. The number of benzene rings is 2. The molecule has 0 spiro atoms. The highest BCUT2D eigenvalue weighted by molar-refractivity contribution is 6.31. The van der Waals surface area contributed by atoms with Crippen LogP contribution in [-0.4, -0.2) is 5.11 Å². The molecule has 0 amide bonds. The average molecular weight is 305 g/mol. The van der Waals surface area contributed by atoms with Crippen molar-refractivity contribution < 1.29 is 22.7 Å². The lowest BCUT2D eigenvalue weighted by Crippen LogP contribution is -2.09. The van der Waals surface area contributed by atoms with E-state index < -0.39 is 23.7 Å². The maximum Gasteiger partial charge on any atom is 0.419 e. The third-order valence-electron chi connectivity index (χ3n) is 2.81. The Hall–Kier alpha value is -1.59. The number of rotatable bonds is 2. The molecular weight excluding hydrogens is 296 g/mol. The van der Waals surface area contributed by atoms with E-state index in [1.165, 1.54) is 12.1 Å². The van der Waals surface area contributed by atoms with Gasteiger partial charge in [-0.05, 0) is 23.8 Å². The van der Waals surface area contributed by atoms with Gasteiger partial charge in [-0.3, -0.25) is 0 Å². The van der Waals surface area contributed by atoms with Gasteiger partial charge in [-0.1, -0.05) is 35.9 Å². The molecule has 0 saturated heterocycles. The summed E-state index contributed by atoms with van der Waals surface area (Å²) in [6.07, 6.45) is -6.06. The second-order valence-electron chi connectivity index (χ2n) is 4.16. The molecule has 1 atom stereocenters. The molecule has 0 saturated carbocycles. The molecule has 0 aliphatic rings. The molecule has 0 radical (unpaired) electrons. The Labute approximate surface area is 117 Å². The molecule has 0 fully saturated rings. The third-order valence-corrected chi connectivity index (χ3v) is 3.16. The van der Waals surface area contributed by atoms with Crippen molar-refractivity contribution in [3.63, 3.8) is 0 Å². The Morgan fingerprint density at radius 2 is 1.70 bits per heavy atom. The number of hydrogen-bond acceptors (Lipinski definition) is 1. The van der Waals surface area contributed by atoms with E-state index in [1.807, 2.05) is 0 Å². The Kier molecular flexibility index (Phi) is 4.01. The van der Waals surface area contributed by atoms with Crippen LogP contribution in [0.5, 0.6) is 0 Å². The molecule has 1 N–H and O–H groups in total. The first-order valence-corrected chi connectivity index (χ1v) is 5.97. The summed E-state index contributed by atoms with van der Waals surface area (Å²) in [5.41, 5.74) is -1.07. The van der Waals surface area contributed by atoms with Crippen molar-refractivity contribution in [1.29, 1.82) is 0 Å². The van der Waals surface area contributed by atoms with Crippen molar-refractivity contribution in [3.8, 4) is 0 Å². The molecule has 0 aromatic heterocycles. The summed E-state index contributed by atoms with van der Waals surface area (Å²) in [5.74, 6) is -1.43. The van der Waals surface area contributed by atoms with E-state index in [0.29, 0.717) is 17.7 Å². The van der Waals surface area contributed by atoms with Gasteiger partial charge in [0.1, 0.15) is 11.9 Å². The molecule has 0 heterocycles. The van der Waals surface area contributed by atoms with Crippen LogP contribution in [0.1, 0.15) is 22.8 Å². The van der Waals surface area contributed by atoms with Gasteiger partial charge in [0.05, 0.1) is 5.56 Å². The van der Waals surface area contributed by atoms with Crippen LogP contribution in [0.2, 0.25) is 5.02 Å². The first-order valence-electron chi connectivity index (χ1n) is 5.60. The fourth-order valence-corrected chi connectivity index (χ4v) is 2.05. The van der Waals surface area contributed by atoms with Gasteiger partial charge in [0.15, 0.2) is 0 Å². The fraction of sp³-hybridized carbons (Fsp3) is 0.143. The first-order chi connectivity index (χ1) is 9.30. The van der Waals surface area contributed by atoms with Crippen molar-refractivity contribution in [3.05, 3.63) is 70.0 Å². The highest BCUT2D eigenvalue weighted by Gasteiger charge is 2.34. The smallest absolute Gasteiger partial charge is 0.384 e. The van der Waals surface area contributed by atoms with Crippen molar-refractivity contribution >= 4 is 11.6 Å². The lowest BCUT2D eigenvalue weighted by molar-refractivity contribution is -0.140. The van der Waals surface area contributed by atoms with E-state index in [4.69, 9.17) is 11.6 Å². The molecule has 0 aliphatic heterocycles. The Balaban J connectivity index is 2.40. The zero-order valence-corrected chi connectivity index (χ0v) is 10.7. The van der Waals surface area contributed by atoms with E-state index >= 15 is 0 Å². The topological polar surface area (TPSA) is 20.2 Å². The predicted molar refractivity (Wildman–Crippen MR) is 66.9 cm³/mol. The van der Waals surface area contributed by atoms with Gasteiger partial charge < -0.3 is 5.11 Å². The summed E-state index contributed by atoms with van der Waals surface area (Å²) in [4.78, 5) is 0. The van der Waals surface area contributed by atoms with Gasteiger partial charge in [0.2, 0.25) is 0 Å². The molecule has 1 unspecified atom stereocenters. The second-order valence-corrected chi connectivity index (χ2v) is 4.57. The van der Waals surface area contributed by atoms with Gasteiger partial charge in [-0.2, -0.15) is 13.2 Å². The van der Waals surface area contributed by atoms with Crippen LogP contribution in [0.25, 0.3) is 0 Å². The number of aliphatic hydroxyl groups excluding tert-OH is 1. The van der Waals surface area contributed by atoms with Crippen LogP contribution in [-0.2, 0) is 6.18 Å². The minimum Gasteiger partial charge on any atom is -0.384 e. The third kappa shape index (κ3) is 2.94. The molecule has 2 rings (SSSR count). The lowest BCUT2D eigenvalue weighted by Gasteiger charge is -2.15. The van der Waals surface area contributed by atoms with E-state index in [0.717, 1.165) is 6.07 Å². The molecule has 2 aromatic carbocycles. The largest absolute Gasteiger partial charge is 0.419 e. The van der Waals surface area contributed by atoms with Crippen LogP contribution in [0.4, 0.5) is 17.6 Å². The number of hydrogen-bond donors (Lipinski definition) is 1. The van der Waals surface area contributed by atoms with Gasteiger partial charge >= 0.3 is 6.18 Å². The standard InChI is InChI=1S/C14H9ClF4O/c15-11-4-2-1-3-9(11)13(20)8-5-6-10(12(16)7-8)14(17,18)19/h1-7,13,20H. The molecular formula is C14H9ClF4O. The van der Waals surface area contributed by atoms with Crippen LogP contribution in [0.3, 0.4) is 0 Å². The van der Waals surface area contributed by atoms with Gasteiger partial charge in [-0.15, -0.1) is 0 Å². The Morgan fingerprint density at radius 1 is 1.05 bits per heavy atom. The van der Waals surface area contributed by atoms with Crippen LogP contribution in [0, 0.1) is 5.82 Å². The minimum absolute atomic E-state index is 0.00333. The number of halogens is 5. The van der Waals surface area contributed by atoms with E-state index in [-0.39, 0.29) is 10.6 Å². The molecule has 0 aliphatic carbocycles. The van der Waals surface area contributed by atoms with Gasteiger partial charge in [-0.25, -0.2) is 4.39 Å². The molecule has 20 heavy (non-hydrogen) atoms. The van der Waals surface area contributed by atoms with E-state index in [9.17, 15) is 22.7 Å². The average Bonchev–Trinajstić information content (AvgIpc) is 2.37. The SMILES string of the molecule is OC(c1ccc(C(F)(F)F)c(F)c1)c1ccccc1Cl. The summed E-state index contributed by atoms with van der Waals surface area (Å²) >= 11 is 5.88. The molecule has 0 bridgehead atoms. The summed E-state index contributed by atoms with van der Waals surface area (Å²) in [7, 11) is 0. The van der Waals surface area contributed by atoms with Crippen molar-refractivity contribution in [2.24, 2.45) is 0 Å². The zero-order valence-electron chi connectivity index (χ0n) is 9.96.